The second-order valence-corrected chi connectivity index (χ2v) is 5.41. The Kier molecular flexibility index (Phi) is 5.52. The Bertz CT molecular complexity index is 375. The zero-order valence-electron chi connectivity index (χ0n) is 12.2. The number of ether oxygens (including phenoxy) is 1. The highest BCUT2D eigenvalue weighted by Gasteiger charge is 2.13. The van der Waals surface area contributed by atoms with Gasteiger partial charge in [-0.3, -0.25) is 0 Å². The average molecular weight is 262 g/mol. The lowest BCUT2D eigenvalue weighted by Gasteiger charge is -2.20. The summed E-state index contributed by atoms with van der Waals surface area (Å²) in [6.45, 7) is 2.20. The third-order valence-corrected chi connectivity index (χ3v) is 3.95. The lowest BCUT2D eigenvalue weighted by molar-refractivity contribution is 0.415. The van der Waals surface area contributed by atoms with Crippen molar-refractivity contribution in [3.05, 3.63) is 24.3 Å². The van der Waals surface area contributed by atoms with Crippen molar-refractivity contribution in [2.75, 3.05) is 32.1 Å². The monoisotopic (exact) mass is 262 g/mol. The van der Waals surface area contributed by atoms with Gasteiger partial charge in [-0.15, -0.1) is 0 Å². The van der Waals surface area contributed by atoms with E-state index < -0.39 is 0 Å². The number of rotatable bonds is 7. The maximum atomic E-state index is 5.26. The molecule has 1 N–H and O–H groups in total. The van der Waals surface area contributed by atoms with Crippen molar-refractivity contribution in [1.29, 1.82) is 0 Å². The fraction of sp³-hybridized carbons (Fsp3) is 0.625. The largest absolute Gasteiger partial charge is 0.497 e. The molecule has 0 bridgehead atoms. The van der Waals surface area contributed by atoms with Crippen LogP contribution in [0.2, 0.25) is 0 Å². The molecule has 0 amide bonds. The maximum absolute atomic E-state index is 5.26. The van der Waals surface area contributed by atoms with Gasteiger partial charge in [0.15, 0.2) is 0 Å². The highest BCUT2D eigenvalue weighted by Crippen LogP contribution is 2.20. The minimum atomic E-state index is 0.780. The van der Waals surface area contributed by atoms with E-state index in [1.165, 1.54) is 37.8 Å². The topological polar surface area (TPSA) is 24.5 Å². The molecule has 1 aromatic carbocycles. The quantitative estimate of drug-likeness (QED) is 0.764. The average Bonchev–Trinajstić information content (AvgIpc) is 2.96. The summed E-state index contributed by atoms with van der Waals surface area (Å²) < 4.78 is 5.26. The second-order valence-electron chi connectivity index (χ2n) is 5.41. The van der Waals surface area contributed by atoms with Crippen molar-refractivity contribution in [3.8, 4) is 5.75 Å². The van der Waals surface area contributed by atoms with Gasteiger partial charge in [0.2, 0.25) is 0 Å². The van der Waals surface area contributed by atoms with Crippen LogP contribution >= 0.6 is 0 Å². The van der Waals surface area contributed by atoms with E-state index in [1.807, 2.05) is 12.1 Å². The number of nitrogens with one attached hydrogen (secondary N) is 1. The van der Waals surface area contributed by atoms with Gasteiger partial charge in [0, 0.05) is 31.4 Å². The van der Waals surface area contributed by atoms with Gasteiger partial charge >= 0.3 is 0 Å². The molecule has 19 heavy (non-hydrogen) atoms. The lowest BCUT2D eigenvalue weighted by Crippen LogP contribution is -2.29. The molecule has 3 nitrogen and oxygen atoms in total. The van der Waals surface area contributed by atoms with Crippen molar-refractivity contribution in [3.63, 3.8) is 0 Å². The fourth-order valence-corrected chi connectivity index (χ4v) is 2.73. The molecule has 2 rings (SSSR count). The molecule has 0 aliphatic heterocycles. The molecule has 0 radical (unpaired) electrons. The van der Waals surface area contributed by atoms with E-state index in [-0.39, 0.29) is 0 Å². The van der Waals surface area contributed by atoms with Crippen LogP contribution < -0.4 is 15.0 Å². The third-order valence-electron chi connectivity index (χ3n) is 3.95. The van der Waals surface area contributed by atoms with Crippen LogP contribution in [0.4, 0.5) is 5.69 Å². The van der Waals surface area contributed by atoms with Crippen molar-refractivity contribution < 1.29 is 4.74 Å². The van der Waals surface area contributed by atoms with Crippen molar-refractivity contribution in [1.82, 2.24) is 5.32 Å². The minimum absolute atomic E-state index is 0.780. The van der Waals surface area contributed by atoms with Gasteiger partial charge in [-0.1, -0.05) is 18.9 Å². The lowest BCUT2D eigenvalue weighted by atomic mass is 10.2. The molecule has 1 aromatic rings. The number of hydrogen-bond acceptors (Lipinski definition) is 3. The van der Waals surface area contributed by atoms with E-state index in [0.717, 1.165) is 24.9 Å². The first kappa shape index (κ1) is 14.2. The Labute approximate surface area is 116 Å². The number of benzene rings is 1. The highest BCUT2D eigenvalue weighted by molar-refractivity contribution is 5.49. The summed E-state index contributed by atoms with van der Waals surface area (Å²) in [5.41, 5.74) is 1.22. The van der Waals surface area contributed by atoms with Crippen LogP contribution in [0.15, 0.2) is 24.3 Å². The zero-order chi connectivity index (χ0) is 13.5. The molecule has 1 saturated carbocycles. The number of methoxy groups -OCH3 is 1. The summed E-state index contributed by atoms with van der Waals surface area (Å²) in [5, 5.41) is 3.66. The SMILES string of the molecule is COc1cccc(N(C)CCCNC2CCCC2)c1. The van der Waals surface area contributed by atoms with Gasteiger partial charge in [0.1, 0.15) is 5.75 Å². The fourth-order valence-electron chi connectivity index (χ4n) is 2.73. The molecule has 0 spiro atoms. The Hall–Kier alpha value is -1.22. The summed E-state index contributed by atoms with van der Waals surface area (Å²) >= 11 is 0. The number of hydrogen-bond donors (Lipinski definition) is 1. The van der Waals surface area contributed by atoms with Crippen LogP contribution in [0.3, 0.4) is 0 Å². The van der Waals surface area contributed by atoms with Gasteiger partial charge in [-0.25, -0.2) is 0 Å². The van der Waals surface area contributed by atoms with E-state index in [4.69, 9.17) is 4.74 Å². The molecule has 106 valence electrons. The molecule has 0 saturated heterocycles. The van der Waals surface area contributed by atoms with Crippen molar-refractivity contribution in [2.45, 2.75) is 38.1 Å². The standard InChI is InChI=1S/C16H26N2O/c1-18(15-9-5-10-16(13-15)19-2)12-6-11-17-14-7-3-4-8-14/h5,9-10,13-14,17H,3-4,6-8,11-12H2,1-2H3. The smallest absolute Gasteiger partial charge is 0.120 e. The Morgan fingerprint density at radius 3 is 2.84 bits per heavy atom. The molecular formula is C16H26N2O. The van der Waals surface area contributed by atoms with Gasteiger partial charge < -0.3 is 15.0 Å². The van der Waals surface area contributed by atoms with E-state index in [1.54, 1.807) is 7.11 Å². The van der Waals surface area contributed by atoms with E-state index in [2.05, 4.69) is 29.4 Å². The van der Waals surface area contributed by atoms with Gasteiger partial charge in [-0.2, -0.15) is 0 Å². The molecule has 1 aliphatic rings. The third kappa shape index (κ3) is 4.43. The molecule has 0 unspecified atom stereocenters. The summed E-state index contributed by atoms with van der Waals surface area (Å²) in [7, 11) is 3.86. The van der Waals surface area contributed by atoms with Crippen LogP contribution in [-0.4, -0.2) is 33.3 Å². The van der Waals surface area contributed by atoms with Crippen LogP contribution in [-0.2, 0) is 0 Å². The van der Waals surface area contributed by atoms with Crippen LogP contribution in [0, 0.1) is 0 Å². The van der Waals surface area contributed by atoms with Crippen molar-refractivity contribution >= 4 is 5.69 Å². The Morgan fingerprint density at radius 1 is 1.32 bits per heavy atom. The van der Waals surface area contributed by atoms with Crippen LogP contribution in [0.25, 0.3) is 0 Å². The number of anilines is 1. The summed E-state index contributed by atoms with van der Waals surface area (Å²) in [6.07, 6.45) is 6.73. The first-order valence-electron chi connectivity index (χ1n) is 7.38. The van der Waals surface area contributed by atoms with Crippen molar-refractivity contribution in [2.24, 2.45) is 0 Å². The molecule has 1 fully saturated rings. The van der Waals surface area contributed by atoms with Gasteiger partial charge in [0.05, 0.1) is 7.11 Å². The van der Waals surface area contributed by atoms with E-state index in [0.29, 0.717) is 0 Å². The summed E-state index contributed by atoms with van der Waals surface area (Å²) in [4.78, 5) is 2.29. The molecule has 0 heterocycles. The van der Waals surface area contributed by atoms with E-state index >= 15 is 0 Å². The molecular weight excluding hydrogens is 236 g/mol. The van der Waals surface area contributed by atoms with Crippen LogP contribution in [0.1, 0.15) is 32.1 Å². The predicted octanol–water partition coefficient (Wildman–Crippen LogP) is 3.05. The van der Waals surface area contributed by atoms with Gasteiger partial charge in [0.25, 0.3) is 0 Å². The molecule has 0 atom stereocenters. The summed E-state index contributed by atoms with van der Waals surface area (Å²) in [6, 6.07) is 9.03. The summed E-state index contributed by atoms with van der Waals surface area (Å²) in [5.74, 6) is 0.924. The van der Waals surface area contributed by atoms with Crippen LogP contribution in [0.5, 0.6) is 5.75 Å². The highest BCUT2D eigenvalue weighted by atomic mass is 16.5. The first-order valence-corrected chi connectivity index (χ1v) is 7.38. The Balaban J connectivity index is 1.69. The minimum Gasteiger partial charge on any atom is -0.497 e. The zero-order valence-corrected chi connectivity index (χ0v) is 12.2. The Morgan fingerprint density at radius 2 is 2.11 bits per heavy atom. The van der Waals surface area contributed by atoms with Gasteiger partial charge in [-0.05, 0) is 37.9 Å². The second kappa shape index (κ2) is 7.39. The number of nitrogens with zero attached hydrogens (tertiary/aromatic N) is 1. The predicted molar refractivity (Wildman–Crippen MR) is 81.1 cm³/mol. The molecule has 1 aliphatic carbocycles. The first-order chi connectivity index (χ1) is 9.29. The normalized spacial score (nSPS) is 15.7. The maximum Gasteiger partial charge on any atom is 0.120 e. The molecule has 0 aromatic heterocycles. The van der Waals surface area contributed by atoms with E-state index in [9.17, 15) is 0 Å². The molecule has 3 heteroatoms.